The molecule has 0 saturated heterocycles. The van der Waals surface area contributed by atoms with Crippen LogP contribution in [-0.2, 0) is 6.42 Å². The lowest BCUT2D eigenvalue weighted by Crippen LogP contribution is -2.26. The molecule has 0 unspecified atom stereocenters. The van der Waals surface area contributed by atoms with E-state index in [0.29, 0.717) is 12.5 Å². The number of methoxy groups -OCH3 is 2. The normalized spacial score (nSPS) is 18.0. The highest BCUT2D eigenvalue weighted by Crippen LogP contribution is 2.49. The molecule has 0 fully saturated rings. The van der Waals surface area contributed by atoms with Crippen LogP contribution in [0.5, 0.6) is 11.5 Å². The van der Waals surface area contributed by atoms with Gasteiger partial charge in [-0.3, -0.25) is 0 Å². The lowest BCUT2D eigenvalue weighted by Gasteiger charge is -2.33. The zero-order chi connectivity index (χ0) is 11.0. The summed E-state index contributed by atoms with van der Waals surface area (Å²) in [4.78, 5) is 0. The minimum atomic E-state index is 0.414. The Morgan fingerprint density at radius 3 is 2.73 bits per heavy atom. The van der Waals surface area contributed by atoms with Crippen molar-refractivity contribution in [3.63, 3.8) is 0 Å². The number of hydrogen-bond acceptors (Lipinski definition) is 3. The fraction of sp³-hybridized carbons (Fsp3) is 0.455. The molecule has 0 heterocycles. The molecule has 1 aromatic rings. The minimum absolute atomic E-state index is 0.414. The van der Waals surface area contributed by atoms with Crippen molar-refractivity contribution in [2.45, 2.75) is 12.3 Å². The van der Waals surface area contributed by atoms with E-state index in [9.17, 15) is 0 Å². The molecule has 1 aliphatic carbocycles. The first kappa shape index (κ1) is 10.8. The van der Waals surface area contributed by atoms with E-state index in [4.69, 9.17) is 15.2 Å². The van der Waals surface area contributed by atoms with Crippen molar-refractivity contribution in [2.75, 3.05) is 20.8 Å². The lowest BCUT2D eigenvalue weighted by atomic mass is 9.76. The fourth-order valence-electron chi connectivity index (χ4n) is 2.13. The van der Waals surface area contributed by atoms with Crippen LogP contribution in [0.4, 0.5) is 0 Å². The summed E-state index contributed by atoms with van der Waals surface area (Å²) < 4.78 is 11.6. The van der Waals surface area contributed by atoms with Crippen LogP contribution in [-0.4, -0.2) is 20.8 Å². The van der Waals surface area contributed by atoms with Gasteiger partial charge in [-0.1, -0.05) is 0 Å². The van der Waals surface area contributed by atoms with E-state index in [2.05, 4.69) is 15.9 Å². The number of halogens is 1. The topological polar surface area (TPSA) is 44.5 Å². The first-order valence-corrected chi connectivity index (χ1v) is 5.65. The summed E-state index contributed by atoms with van der Waals surface area (Å²) in [5, 5.41) is 0. The molecule has 2 N–H and O–H groups in total. The molecule has 0 amide bonds. The third-order valence-corrected chi connectivity index (χ3v) is 3.50. The molecule has 0 aliphatic heterocycles. The van der Waals surface area contributed by atoms with E-state index in [-0.39, 0.29) is 0 Å². The number of ether oxygens (including phenoxy) is 2. The number of rotatable bonds is 3. The Morgan fingerprint density at radius 1 is 1.47 bits per heavy atom. The van der Waals surface area contributed by atoms with Crippen LogP contribution in [0.1, 0.15) is 17.0 Å². The van der Waals surface area contributed by atoms with Crippen LogP contribution >= 0.6 is 15.9 Å². The third-order valence-electron chi connectivity index (χ3n) is 2.91. The van der Waals surface area contributed by atoms with Crippen LogP contribution in [0.15, 0.2) is 10.5 Å². The molecule has 82 valence electrons. The number of nitrogens with two attached hydrogens (primary N) is 1. The van der Waals surface area contributed by atoms with Gasteiger partial charge in [0, 0.05) is 17.0 Å². The molecule has 0 spiro atoms. The average Bonchev–Trinajstić information content (AvgIpc) is 2.20. The van der Waals surface area contributed by atoms with Gasteiger partial charge in [0.25, 0.3) is 0 Å². The number of benzene rings is 1. The third kappa shape index (κ3) is 1.52. The largest absolute Gasteiger partial charge is 0.496 e. The van der Waals surface area contributed by atoms with Crippen LogP contribution in [0, 0.1) is 0 Å². The Morgan fingerprint density at radius 2 is 2.20 bits per heavy atom. The van der Waals surface area contributed by atoms with Crippen molar-refractivity contribution in [2.24, 2.45) is 5.73 Å². The Labute approximate surface area is 97.7 Å². The SMILES string of the molecule is COc1cc(Br)c(OC)c2c1[C@@H](CN)C2. The second kappa shape index (κ2) is 4.02. The van der Waals surface area contributed by atoms with Gasteiger partial charge in [0.2, 0.25) is 0 Å². The summed E-state index contributed by atoms with van der Waals surface area (Å²) in [5.74, 6) is 2.23. The summed E-state index contributed by atoms with van der Waals surface area (Å²) in [6.07, 6.45) is 0.977. The highest BCUT2D eigenvalue weighted by molar-refractivity contribution is 9.10. The molecule has 0 radical (unpaired) electrons. The van der Waals surface area contributed by atoms with Crippen molar-refractivity contribution >= 4 is 15.9 Å². The van der Waals surface area contributed by atoms with Gasteiger partial charge in [-0.15, -0.1) is 0 Å². The number of hydrogen-bond donors (Lipinski definition) is 1. The standard InChI is InChI=1S/C11H14BrNO2/c1-14-9-4-8(12)11(15-2)7-3-6(5-13)10(7)9/h4,6H,3,5,13H2,1-2H3/t6-/m1/s1. The molecule has 3 nitrogen and oxygen atoms in total. The second-order valence-electron chi connectivity index (χ2n) is 3.62. The van der Waals surface area contributed by atoms with Gasteiger partial charge in [0.05, 0.1) is 18.7 Å². The average molecular weight is 272 g/mol. The zero-order valence-corrected chi connectivity index (χ0v) is 10.4. The molecule has 2 rings (SSSR count). The molecule has 1 aromatic carbocycles. The highest BCUT2D eigenvalue weighted by atomic mass is 79.9. The first-order valence-electron chi connectivity index (χ1n) is 4.86. The molecule has 0 bridgehead atoms. The Hall–Kier alpha value is -0.740. The lowest BCUT2D eigenvalue weighted by molar-refractivity contribution is 0.374. The van der Waals surface area contributed by atoms with Gasteiger partial charge < -0.3 is 15.2 Å². The molecule has 4 heteroatoms. The monoisotopic (exact) mass is 271 g/mol. The Balaban J connectivity index is 2.54. The molecule has 15 heavy (non-hydrogen) atoms. The van der Waals surface area contributed by atoms with Crippen molar-refractivity contribution in [3.8, 4) is 11.5 Å². The fourth-order valence-corrected chi connectivity index (χ4v) is 2.74. The minimum Gasteiger partial charge on any atom is -0.496 e. The molecular formula is C11H14BrNO2. The van der Waals surface area contributed by atoms with E-state index in [1.54, 1.807) is 14.2 Å². The van der Waals surface area contributed by atoms with E-state index in [0.717, 1.165) is 22.4 Å². The van der Waals surface area contributed by atoms with E-state index in [1.165, 1.54) is 11.1 Å². The van der Waals surface area contributed by atoms with Crippen molar-refractivity contribution in [1.29, 1.82) is 0 Å². The van der Waals surface area contributed by atoms with Crippen LogP contribution in [0.2, 0.25) is 0 Å². The van der Waals surface area contributed by atoms with Crippen molar-refractivity contribution in [1.82, 2.24) is 0 Å². The molecule has 0 saturated carbocycles. The maximum atomic E-state index is 5.69. The van der Waals surface area contributed by atoms with Crippen LogP contribution in [0.3, 0.4) is 0 Å². The summed E-state index contributed by atoms with van der Waals surface area (Å²) >= 11 is 3.47. The highest BCUT2D eigenvalue weighted by Gasteiger charge is 2.33. The Kier molecular flexibility index (Phi) is 2.89. The predicted molar refractivity (Wildman–Crippen MR) is 62.7 cm³/mol. The maximum Gasteiger partial charge on any atom is 0.136 e. The van der Waals surface area contributed by atoms with Gasteiger partial charge in [-0.05, 0) is 35.0 Å². The maximum absolute atomic E-state index is 5.69. The summed E-state index contributed by atoms with van der Waals surface area (Å²) in [7, 11) is 3.36. The van der Waals surface area contributed by atoms with Gasteiger partial charge >= 0.3 is 0 Å². The molecule has 0 aromatic heterocycles. The van der Waals surface area contributed by atoms with E-state index < -0.39 is 0 Å². The Bertz CT molecular complexity index is 393. The van der Waals surface area contributed by atoms with Crippen LogP contribution < -0.4 is 15.2 Å². The van der Waals surface area contributed by atoms with Gasteiger partial charge in [0.1, 0.15) is 11.5 Å². The first-order chi connectivity index (χ1) is 7.22. The van der Waals surface area contributed by atoms with Crippen molar-refractivity contribution < 1.29 is 9.47 Å². The summed E-state index contributed by atoms with van der Waals surface area (Å²) in [6.45, 7) is 0.661. The molecule has 1 atom stereocenters. The van der Waals surface area contributed by atoms with Gasteiger partial charge in [0.15, 0.2) is 0 Å². The van der Waals surface area contributed by atoms with E-state index >= 15 is 0 Å². The second-order valence-corrected chi connectivity index (χ2v) is 4.48. The van der Waals surface area contributed by atoms with Crippen molar-refractivity contribution in [3.05, 3.63) is 21.7 Å². The van der Waals surface area contributed by atoms with Gasteiger partial charge in [-0.25, -0.2) is 0 Å². The molecule has 1 aliphatic rings. The zero-order valence-electron chi connectivity index (χ0n) is 8.84. The molecular weight excluding hydrogens is 258 g/mol. The predicted octanol–water partition coefficient (Wildman–Crippen LogP) is 2.06. The smallest absolute Gasteiger partial charge is 0.136 e. The van der Waals surface area contributed by atoms with E-state index in [1.807, 2.05) is 6.07 Å². The number of fused-ring (bicyclic) bond motifs is 1. The van der Waals surface area contributed by atoms with Gasteiger partial charge in [-0.2, -0.15) is 0 Å². The summed E-state index contributed by atoms with van der Waals surface area (Å²) in [6, 6.07) is 1.94. The quantitative estimate of drug-likeness (QED) is 0.916. The summed E-state index contributed by atoms with van der Waals surface area (Å²) in [5.41, 5.74) is 8.12. The van der Waals surface area contributed by atoms with Crippen LogP contribution in [0.25, 0.3) is 0 Å².